The highest BCUT2D eigenvalue weighted by atomic mass is 35.5. The number of halogens is 1. The van der Waals surface area contributed by atoms with Crippen LogP contribution in [0.15, 0.2) is 60.9 Å². The first-order chi connectivity index (χ1) is 16.3. The molecule has 2 N–H and O–H groups in total. The van der Waals surface area contributed by atoms with Gasteiger partial charge < -0.3 is 20.4 Å². The number of likely N-dealkylation sites (N-methyl/N-ethyl adjacent to an activating group) is 1. The van der Waals surface area contributed by atoms with Gasteiger partial charge in [-0.1, -0.05) is 29.8 Å². The highest BCUT2D eigenvalue weighted by molar-refractivity contribution is 6.34. The summed E-state index contributed by atoms with van der Waals surface area (Å²) in [5.74, 6) is -0.861. The van der Waals surface area contributed by atoms with E-state index < -0.39 is 5.91 Å². The normalized spacial score (nSPS) is 15.4. The SMILES string of the molecule is C[C@@H]1CN(C(=O)c2ccc(-n3cccn3)cc2Cl)c2ccccc2CN1C(=O)N(C)CC(N)=O. The van der Waals surface area contributed by atoms with Gasteiger partial charge in [-0.25, -0.2) is 9.48 Å². The maximum atomic E-state index is 13.7. The van der Waals surface area contributed by atoms with Crippen LogP contribution in [-0.4, -0.2) is 63.6 Å². The number of primary amides is 1. The lowest BCUT2D eigenvalue weighted by atomic mass is 10.1. The third kappa shape index (κ3) is 4.60. The molecule has 2 heterocycles. The van der Waals surface area contributed by atoms with Gasteiger partial charge in [-0.3, -0.25) is 9.59 Å². The lowest BCUT2D eigenvalue weighted by molar-refractivity contribution is -0.118. The van der Waals surface area contributed by atoms with Gasteiger partial charge in [-0.2, -0.15) is 5.10 Å². The number of nitrogens with two attached hydrogens (primary N) is 1. The first kappa shape index (κ1) is 23.3. The molecule has 1 aliphatic heterocycles. The van der Waals surface area contributed by atoms with Crippen molar-refractivity contribution in [3.05, 3.63) is 77.1 Å². The number of para-hydroxylation sites is 1. The minimum atomic E-state index is -0.594. The van der Waals surface area contributed by atoms with Crippen LogP contribution in [-0.2, 0) is 11.3 Å². The van der Waals surface area contributed by atoms with Gasteiger partial charge in [-0.15, -0.1) is 0 Å². The molecule has 10 heteroatoms. The minimum Gasteiger partial charge on any atom is -0.368 e. The van der Waals surface area contributed by atoms with Crippen LogP contribution < -0.4 is 10.6 Å². The zero-order valence-corrected chi connectivity index (χ0v) is 19.6. The number of carbonyl (C=O) groups excluding carboxylic acids is 3. The maximum Gasteiger partial charge on any atom is 0.320 e. The van der Waals surface area contributed by atoms with Crippen LogP contribution in [0.4, 0.5) is 10.5 Å². The summed E-state index contributed by atoms with van der Waals surface area (Å²) in [6, 6.07) is 13.7. The zero-order chi connectivity index (χ0) is 24.4. The molecular weight excluding hydrogens is 456 g/mol. The van der Waals surface area contributed by atoms with Gasteiger partial charge >= 0.3 is 6.03 Å². The number of urea groups is 1. The minimum absolute atomic E-state index is 0.190. The van der Waals surface area contributed by atoms with E-state index in [2.05, 4.69) is 5.10 Å². The highest BCUT2D eigenvalue weighted by Crippen LogP contribution is 2.31. The number of hydrogen-bond acceptors (Lipinski definition) is 4. The Bertz CT molecular complexity index is 1230. The largest absolute Gasteiger partial charge is 0.368 e. The van der Waals surface area contributed by atoms with E-state index in [1.54, 1.807) is 51.1 Å². The number of anilines is 1. The number of carbonyl (C=O) groups is 3. The van der Waals surface area contributed by atoms with Crippen molar-refractivity contribution in [1.29, 1.82) is 0 Å². The number of benzene rings is 2. The summed E-state index contributed by atoms with van der Waals surface area (Å²) >= 11 is 6.53. The van der Waals surface area contributed by atoms with Crippen LogP contribution in [0.5, 0.6) is 0 Å². The molecule has 34 heavy (non-hydrogen) atoms. The second-order valence-corrected chi connectivity index (χ2v) is 8.65. The number of amides is 4. The van der Waals surface area contributed by atoms with E-state index in [9.17, 15) is 14.4 Å². The molecule has 176 valence electrons. The van der Waals surface area contributed by atoms with E-state index in [1.165, 1.54) is 11.9 Å². The smallest absolute Gasteiger partial charge is 0.320 e. The molecule has 9 nitrogen and oxygen atoms in total. The monoisotopic (exact) mass is 480 g/mol. The molecular formula is C24H25ClN6O3. The van der Waals surface area contributed by atoms with Crippen molar-refractivity contribution in [2.75, 3.05) is 25.0 Å². The summed E-state index contributed by atoms with van der Waals surface area (Å²) in [5.41, 5.74) is 7.87. The van der Waals surface area contributed by atoms with Crippen LogP contribution in [0.25, 0.3) is 5.69 Å². The van der Waals surface area contributed by atoms with Gasteiger partial charge in [0.2, 0.25) is 5.91 Å². The van der Waals surface area contributed by atoms with E-state index >= 15 is 0 Å². The second kappa shape index (κ2) is 9.56. The number of hydrogen-bond donors (Lipinski definition) is 1. The van der Waals surface area contributed by atoms with Gasteiger partial charge in [0.25, 0.3) is 5.91 Å². The van der Waals surface area contributed by atoms with Crippen molar-refractivity contribution in [3.63, 3.8) is 0 Å². The Labute approximate surface area is 202 Å². The van der Waals surface area contributed by atoms with Crippen LogP contribution in [0.2, 0.25) is 5.02 Å². The van der Waals surface area contributed by atoms with Crippen LogP contribution in [0.1, 0.15) is 22.8 Å². The van der Waals surface area contributed by atoms with Gasteiger partial charge in [0.15, 0.2) is 0 Å². The molecule has 1 atom stereocenters. The summed E-state index contributed by atoms with van der Waals surface area (Å²) in [4.78, 5) is 42.6. The van der Waals surface area contributed by atoms with Gasteiger partial charge in [0.1, 0.15) is 6.54 Å². The molecule has 0 radical (unpaired) electrons. The maximum absolute atomic E-state index is 13.7. The van der Waals surface area contributed by atoms with Crippen molar-refractivity contribution < 1.29 is 14.4 Å². The molecule has 3 aromatic rings. The second-order valence-electron chi connectivity index (χ2n) is 8.24. The first-order valence-corrected chi connectivity index (χ1v) is 11.1. The molecule has 0 unspecified atom stereocenters. The number of fused-ring (bicyclic) bond motifs is 1. The average Bonchev–Trinajstić information content (AvgIpc) is 3.30. The first-order valence-electron chi connectivity index (χ1n) is 10.8. The molecule has 4 rings (SSSR count). The Morgan fingerprint density at radius 3 is 2.62 bits per heavy atom. The predicted octanol–water partition coefficient (Wildman–Crippen LogP) is 2.91. The standard InChI is InChI=1S/C24H25ClN6O3/c1-16-13-30(23(33)19-9-8-18(12-20(19)25)31-11-5-10-27-31)21-7-4-3-6-17(21)14-29(16)24(34)28(2)15-22(26)32/h3-12,16H,13-15H2,1-2H3,(H2,26,32)/t16-/m1/s1. The summed E-state index contributed by atoms with van der Waals surface area (Å²) in [7, 11) is 1.53. The molecule has 1 aromatic heterocycles. The van der Waals surface area contributed by atoms with Crippen molar-refractivity contribution in [2.24, 2.45) is 5.73 Å². The molecule has 0 spiro atoms. The number of aromatic nitrogens is 2. The van der Waals surface area contributed by atoms with E-state index in [0.717, 1.165) is 11.3 Å². The Morgan fingerprint density at radius 1 is 1.18 bits per heavy atom. The molecule has 4 amide bonds. The molecule has 0 saturated carbocycles. The molecule has 0 bridgehead atoms. The van der Waals surface area contributed by atoms with Gasteiger partial charge in [0, 0.05) is 44.3 Å². The molecule has 1 aliphatic rings. The Kier molecular flexibility index (Phi) is 6.56. The summed E-state index contributed by atoms with van der Waals surface area (Å²) < 4.78 is 1.66. The topological polar surface area (TPSA) is 105 Å². The van der Waals surface area contributed by atoms with E-state index in [1.807, 2.05) is 31.2 Å². The van der Waals surface area contributed by atoms with Gasteiger partial charge in [-0.05, 0) is 42.8 Å². The Morgan fingerprint density at radius 2 is 1.94 bits per heavy atom. The molecule has 0 aliphatic carbocycles. The van der Waals surface area contributed by atoms with Crippen molar-refractivity contribution in [1.82, 2.24) is 19.6 Å². The average molecular weight is 481 g/mol. The lowest BCUT2D eigenvalue weighted by Gasteiger charge is -2.32. The van der Waals surface area contributed by atoms with Crippen LogP contribution >= 0.6 is 11.6 Å². The highest BCUT2D eigenvalue weighted by Gasteiger charge is 2.33. The number of nitrogens with zero attached hydrogens (tertiary/aromatic N) is 5. The predicted molar refractivity (Wildman–Crippen MR) is 129 cm³/mol. The summed E-state index contributed by atoms with van der Waals surface area (Å²) in [6.07, 6.45) is 3.46. The number of rotatable bonds is 4. The molecule has 2 aromatic carbocycles. The third-order valence-electron chi connectivity index (χ3n) is 5.76. The van der Waals surface area contributed by atoms with Crippen molar-refractivity contribution in [3.8, 4) is 5.69 Å². The van der Waals surface area contributed by atoms with E-state index in [4.69, 9.17) is 17.3 Å². The van der Waals surface area contributed by atoms with E-state index in [-0.39, 0.29) is 37.6 Å². The van der Waals surface area contributed by atoms with Crippen LogP contribution in [0.3, 0.4) is 0 Å². The molecule has 0 saturated heterocycles. The fourth-order valence-corrected chi connectivity index (χ4v) is 4.32. The van der Waals surface area contributed by atoms with E-state index in [0.29, 0.717) is 16.3 Å². The Balaban J connectivity index is 1.66. The fourth-order valence-electron chi connectivity index (χ4n) is 4.06. The van der Waals surface area contributed by atoms with Crippen LogP contribution in [0, 0.1) is 0 Å². The molecule has 0 fully saturated rings. The quantitative estimate of drug-likeness (QED) is 0.619. The zero-order valence-electron chi connectivity index (χ0n) is 18.9. The summed E-state index contributed by atoms with van der Waals surface area (Å²) in [5, 5.41) is 4.50. The van der Waals surface area contributed by atoms with Gasteiger partial charge in [0.05, 0.1) is 16.3 Å². The van der Waals surface area contributed by atoms with Crippen molar-refractivity contribution in [2.45, 2.75) is 19.5 Å². The third-order valence-corrected chi connectivity index (χ3v) is 6.08. The fraction of sp³-hybridized carbons (Fsp3) is 0.250. The lowest BCUT2D eigenvalue weighted by Crippen LogP contribution is -2.50. The van der Waals surface area contributed by atoms with Crippen molar-refractivity contribution >= 4 is 35.1 Å². The Hall–Kier alpha value is -3.85. The summed E-state index contributed by atoms with van der Waals surface area (Å²) in [6.45, 7) is 2.22.